The molecule has 1 unspecified atom stereocenters. The second-order valence-corrected chi connectivity index (χ2v) is 5.57. The number of likely N-dealkylation sites (N-methyl/N-ethyl adjacent to an activating group) is 1. The zero-order valence-electron chi connectivity index (χ0n) is 11.0. The van der Waals surface area contributed by atoms with Crippen LogP contribution in [0, 0.1) is 0 Å². The minimum absolute atomic E-state index is 0.657. The second kappa shape index (κ2) is 8.71. The van der Waals surface area contributed by atoms with Crippen LogP contribution in [0.15, 0.2) is 28.7 Å². The summed E-state index contributed by atoms with van der Waals surface area (Å²) in [4.78, 5) is 0. The van der Waals surface area contributed by atoms with Crippen molar-refractivity contribution in [3.05, 3.63) is 34.3 Å². The van der Waals surface area contributed by atoms with Crippen LogP contribution < -0.4 is 5.32 Å². The molecule has 2 heteroatoms. The molecule has 0 fully saturated rings. The molecule has 0 heterocycles. The van der Waals surface area contributed by atoms with Gasteiger partial charge in [-0.1, -0.05) is 60.7 Å². The molecule has 0 aliphatic carbocycles. The lowest BCUT2D eigenvalue weighted by atomic mass is 9.93. The van der Waals surface area contributed by atoms with Crippen molar-refractivity contribution in [2.75, 3.05) is 13.6 Å². The molecule has 1 aromatic carbocycles. The van der Waals surface area contributed by atoms with Gasteiger partial charge in [-0.25, -0.2) is 0 Å². The lowest BCUT2D eigenvalue weighted by Crippen LogP contribution is -2.17. The van der Waals surface area contributed by atoms with E-state index in [1.54, 1.807) is 0 Å². The summed E-state index contributed by atoms with van der Waals surface area (Å²) in [6, 6.07) is 8.77. The number of halogens is 1. The highest BCUT2D eigenvalue weighted by molar-refractivity contribution is 9.10. The maximum absolute atomic E-state index is 3.49. The van der Waals surface area contributed by atoms with Gasteiger partial charge >= 0.3 is 0 Å². The van der Waals surface area contributed by atoms with E-state index in [9.17, 15) is 0 Å². The van der Waals surface area contributed by atoms with Crippen LogP contribution in [0.2, 0.25) is 0 Å². The molecular weight excluding hydrogens is 274 g/mol. The summed E-state index contributed by atoms with van der Waals surface area (Å²) in [5, 5.41) is 3.31. The molecule has 17 heavy (non-hydrogen) atoms. The highest BCUT2D eigenvalue weighted by Gasteiger charge is 2.09. The quantitative estimate of drug-likeness (QED) is 0.685. The average molecular weight is 298 g/mol. The van der Waals surface area contributed by atoms with Crippen LogP contribution in [0.3, 0.4) is 0 Å². The van der Waals surface area contributed by atoms with Crippen LogP contribution in [0.4, 0.5) is 0 Å². The smallest absolute Gasteiger partial charge is 0.0175 e. The molecule has 0 aromatic heterocycles. The summed E-state index contributed by atoms with van der Waals surface area (Å²) < 4.78 is 1.16. The molecular formula is C15H24BrN. The highest BCUT2D eigenvalue weighted by atomic mass is 79.9. The maximum atomic E-state index is 3.49. The van der Waals surface area contributed by atoms with E-state index in [2.05, 4.69) is 52.4 Å². The van der Waals surface area contributed by atoms with E-state index in [1.165, 1.54) is 37.7 Å². The Bertz CT molecular complexity index is 294. The summed E-state index contributed by atoms with van der Waals surface area (Å²) in [5.41, 5.74) is 1.46. The second-order valence-electron chi connectivity index (χ2n) is 4.66. The molecule has 0 amide bonds. The Balaban J connectivity index is 2.49. The molecule has 0 spiro atoms. The van der Waals surface area contributed by atoms with Gasteiger partial charge in [-0.2, -0.15) is 0 Å². The Labute approximate surface area is 114 Å². The highest BCUT2D eigenvalue weighted by Crippen LogP contribution is 2.23. The van der Waals surface area contributed by atoms with E-state index in [-0.39, 0.29) is 0 Å². The third-order valence-electron chi connectivity index (χ3n) is 3.20. The Morgan fingerprint density at radius 1 is 1.12 bits per heavy atom. The third-order valence-corrected chi connectivity index (χ3v) is 3.73. The van der Waals surface area contributed by atoms with Gasteiger partial charge in [0.05, 0.1) is 0 Å². The molecule has 1 rings (SSSR count). The van der Waals surface area contributed by atoms with Crippen molar-refractivity contribution in [3.63, 3.8) is 0 Å². The van der Waals surface area contributed by atoms with Crippen LogP contribution in [0.1, 0.15) is 50.5 Å². The van der Waals surface area contributed by atoms with E-state index in [1.807, 2.05) is 7.05 Å². The largest absolute Gasteiger partial charge is 0.319 e. The van der Waals surface area contributed by atoms with E-state index >= 15 is 0 Å². The van der Waals surface area contributed by atoms with Gasteiger partial charge in [-0.05, 0) is 37.1 Å². The van der Waals surface area contributed by atoms with Gasteiger partial charge < -0.3 is 5.32 Å². The summed E-state index contributed by atoms with van der Waals surface area (Å²) in [6.07, 6.45) is 6.69. The molecule has 1 N–H and O–H groups in total. The van der Waals surface area contributed by atoms with Crippen molar-refractivity contribution < 1.29 is 0 Å². The third kappa shape index (κ3) is 5.69. The normalized spacial score (nSPS) is 12.6. The molecule has 0 saturated carbocycles. The van der Waals surface area contributed by atoms with Gasteiger partial charge in [0.1, 0.15) is 0 Å². The van der Waals surface area contributed by atoms with Gasteiger partial charge in [0.15, 0.2) is 0 Å². The SMILES string of the molecule is CCCCCCC(CNC)c1ccc(Br)cc1. The first kappa shape index (κ1) is 14.7. The van der Waals surface area contributed by atoms with Gasteiger partial charge in [0.25, 0.3) is 0 Å². The van der Waals surface area contributed by atoms with Crippen LogP contribution in [0.25, 0.3) is 0 Å². The summed E-state index contributed by atoms with van der Waals surface area (Å²) >= 11 is 3.49. The average Bonchev–Trinajstić information content (AvgIpc) is 2.34. The lowest BCUT2D eigenvalue weighted by molar-refractivity contribution is 0.533. The number of unbranched alkanes of at least 4 members (excludes halogenated alkanes) is 3. The number of benzene rings is 1. The summed E-state index contributed by atoms with van der Waals surface area (Å²) in [5.74, 6) is 0.657. The fourth-order valence-corrected chi connectivity index (χ4v) is 2.45. The van der Waals surface area contributed by atoms with Crippen LogP contribution in [-0.4, -0.2) is 13.6 Å². The first-order valence-electron chi connectivity index (χ1n) is 6.68. The van der Waals surface area contributed by atoms with Crippen LogP contribution >= 0.6 is 15.9 Å². The summed E-state index contributed by atoms with van der Waals surface area (Å²) in [6.45, 7) is 3.34. The zero-order valence-corrected chi connectivity index (χ0v) is 12.6. The standard InChI is InChI=1S/C15H24BrN/c1-3-4-5-6-7-14(12-17-2)13-8-10-15(16)11-9-13/h8-11,14,17H,3-7,12H2,1-2H3. The Morgan fingerprint density at radius 3 is 2.41 bits per heavy atom. The lowest BCUT2D eigenvalue weighted by Gasteiger charge is -2.17. The molecule has 0 aliphatic heterocycles. The van der Waals surface area contributed by atoms with E-state index < -0.39 is 0 Å². The molecule has 1 aromatic rings. The number of nitrogens with one attached hydrogen (secondary N) is 1. The van der Waals surface area contributed by atoms with Gasteiger partial charge in [-0.3, -0.25) is 0 Å². The van der Waals surface area contributed by atoms with Crippen molar-refractivity contribution in [2.45, 2.75) is 44.9 Å². The monoisotopic (exact) mass is 297 g/mol. The van der Waals surface area contributed by atoms with Gasteiger partial charge in [0, 0.05) is 11.0 Å². The number of rotatable bonds is 8. The van der Waals surface area contributed by atoms with Crippen LogP contribution in [-0.2, 0) is 0 Å². The van der Waals surface area contributed by atoms with Crippen molar-refractivity contribution in [3.8, 4) is 0 Å². The minimum Gasteiger partial charge on any atom is -0.319 e. The molecule has 96 valence electrons. The van der Waals surface area contributed by atoms with E-state index in [4.69, 9.17) is 0 Å². The molecule has 0 saturated heterocycles. The van der Waals surface area contributed by atoms with E-state index in [0.29, 0.717) is 5.92 Å². The number of hydrogen-bond donors (Lipinski definition) is 1. The Morgan fingerprint density at radius 2 is 1.82 bits per heavy atom. The van der Waals surface area contributed by atoms with E-state index in [0.717, 1.165) is 11.0 Å². The minimum atomic E-state index is 0.657. The van der Waals surface area contributed by atoms with Crippen molar-refractivity contribution in [1.29, 1.82) is 0 Å². The van der Waals surface area contributed by atoms with Gasteiger partial charge in [-0.15, -0.1) is 0 Å². The zero-order chi connectivity index (χ0) is 12.5. The Hall–Kier alpha value is -0.340. The molecule has 1 nitrogen and oxygen atoms in total. The van der Waals surface area contributed by atoms with Crippen molar-refractivity contribution >= 4 is 15.9 Å². The summed E-state index contributed by atoms with van der Waals surface area (Å²) in [7, 11) is 2.04. The molecule has 0 radical (unpaired) electrons. The van der Waals surface area contributed by atoms with Crippen molar-refractivity contribution in [2.24, 2.45) is 0 Å². The molecule has 0 bridgehead atoms. The number of hydrogen-bond acceptors (Lipinski definition) is 1. The maximum Gasteiger partial charge on any atom is 0.0175 e. The van der Waals surface area contributed by atoms with Crippen LogP contribution in [0.5, 0.6) is 0 Å². The fourth-order valence-electron chi connectivity index (χ4n) is 2.19. The predicted molar refractivity (Wildman–Crippen MR) is 79.6 cm³/mol. The molecule has 0 aliphatic rings. The first-order chi connectivity index (χ1) is 8.27. The fraction of sp³-hybridized carbons (Fsp3) is 0.600. The van der Waals surface area contributed by atoms with Gasteiger partial charge in [0.2, 0.25) is 0 Å². The molecule has 1 atom stereocenters. The topological polar surface area (TPSA) is 12.0 Å². The Kier molecular flexibility index (Phi) is 7.54. The van der Waals surface area contributed by atoms with Crippen molar-refractivity contribution in [1.82, 2.24) is 5.32 Å². The first-order valence-corrected chi connectivity index (χ1v) is 7.47. The predicted octanol–water partition coefficient (Wildman–Crippen LogP) is 4.72.